The number of hydrogen-bond acceptors (Lipinski definition) is 26. The van der Waals surface area contributed by atoms with E-state index in [0.717, 1.165) is 22.6 Å². The second kappa shape index (κ2) is 43.7. The number of carbonyl (C=O) groups is 12. The van der Waals surface area contributed by atoms with E-state index >= 15 is 0 Å². The highest BCUT2D eigenvalue weighted by Gasteiger charge is 2.49. The Labute approximate surface area is 656 Å². The number of likely N-dealkylation sites (tertiary alicyclic amines) is 1. The Morgan fingerprint density at radius 3 is 1.83 bits per heavy atom. The van der Waals surface area contributed by atoms with Crippen molar-refractivity contribution >= 4 is 76.8 Å². The second-order valence-electron chi connectivity index (χ2n) is 29.8. The molecule has 4 heterocycles. The summed E-state index contributed by atoms with van der Waals surface area (Å²) >= 11 is 0. The quantitative estimate of drug-likeness (QED) is 0.0248. The van der Waals surface area contributed by atoms with E-state index in [1.165, 1.54) is 50.4 Å². The van der Waals surface area contributed by atoms with Gasteiger partial charge in [-0.2, -0.15) is 0 Å². The number of hydrogen-bond donors (Lipinski definition) is 14. The van der Waals surface area contributed by atoms with Gasteiger partial charge in [-0.25, -0.2) is 9.59 Å². The molecular formula is C76H114N10O27. The molecule has 21 atom stereocenters. The number of imide groups is 1. The average Bonchev–Trinajstić information content (AvgIpc) is 1.79. The number of carbonyl (C=O) groups excluding carboxylic acids is 11. The molecule has 3 fully saturated rings. The highest BCUT2D eigenvalue weighted by atomic mass is 16.7. The maximum absolute atomic E-state index is 15.0. The molecule has 14 N–H and O–H groups in total. The van der Waals surface area contributed by atoms with Crippen LogP contribution in [0.2, 0.25) is 0 Å². The molecule has 0 aromatic heterocycles. The Hall–Kier alpha value is -8.70. The number of nitrogens with zero attached hydrogens (tertiary/aromatic N) is 4. The fourth-order valence-electron chi connectivity index (χ4n) is 14.0. The van der Waals surface area contributed by atoms with Crippen molar-refractivity contribution in [3.63, 3.8) is 0 Å². The van der Waals surface area contributed by atoms with Gasteiger partial charge >= 0.3 is 12.1 Å². The van der Waals surface area contributed by atoms with Gasteiger partial charge in [0, 0.05) is 65.7 Å². The molecule has 6 rings (SSSR count). The molecule has 4 aliphatic heterocycles. The molecule has 0 aliphatic carbocycles. The van der Waals surface area contributed by atoms with Gasteiger partial charge in [0.25, 0.3) is 11.8 Å². The van der Waals surface area contributed by atoms with Crippen LogP contribution in [-0.4, -0.2) is 315 Å². The highest BCUT2D eigenvalue weighted by Crippen LogP contribution is 2.31. The molecular weight excluding hydrogens is 1480 g/mol. The first-order chi connectivity index (χ1) is 53.4. The first kappa shape index (κ1) is 93.2. The smallest absolute Gasteiger partial charge is 0.410 e. The van der Waals surface area contributed by atoms with Crippen LogP contribution in [0.1, 0.15) is 106 Å². The van der Waals surface area contributed by atoms with Crippen LogP contribution in [0.5, 0.6) is 0 Å². The highest BCUT2D eigenvalue weighted by molar-refractivity contribution is 6.14. The van der Waals surface area contributed by atoms with Crippen LogP contribution in [0.3, 0.4) is 0 Å². The largest absolute Gasteiger partial charge is 0.479 e. The van der Waals surface area contributed by atoms with Crippen molar-refractivity contribution in [2.75, 3.05) is 73.1 Å². The van der Waals surface area contributed by atoms with E-state index in [-0.39, 0.29) is 56.5 Å². The minimum Gasteiger partial charge on any atom is -0.479 e. The molecule has 4 aliphatic rings. The summed E-state index contributed by atoms with van der Waals surface area (Å²) in [5.74, 6) is -11.3. The van der Waals surface area contributed by atoms with Gasteiger partial charge in [-0.1, -0.05) is 111 Å². The van der Waals surface area contributed by atoms with Crippen LogP contribution in [0.4, 0.5) is 10.5 Å². The van der Waals surface area contributed by atoms with Crippen LogP contribution < -0.4 is 31.9 Å². The summed E-state index contributed by atoms with van der Waals surface area (Å²) in [6.45, 7) is 13.0. The molecule has 11 amide bonds. The molecule has 630 valence electrons. The van der Waals surface area contributed by atoms with Crippen molar-refractivity contribution in [2.24, 2.45) is 29.6 Å². The lowest BCUT2D eigenvalue weighted by atomic mass is 9.89. The molecule has 0 unspecified atom stereocenters. The minimum absolute atomic E-state index is 0.00298. The lowest BCUT2D eigenvalue weighted by molar-refractivity contribution is -0.301. The number of benzene rings is 2. The summed E-state index contributed by atoms with van der Waals surface area (Å²) in [4.78, 5) is 168. The zero-order valence-corrected chi connectivity index (χ0v) is 66.0. The normalized spacial score (nSPS) is 24.4. The fraction of sp³-hybridized carbons (Fsp3) is 0.658. The predicted molar refractivity (Wildman–Crippen MR) is 399 cm³/mol. The summed E-state index contributed by atoms with van der Waals surface area (Å²) in [7, 11) is 5.81. The lowest BCUT2D eigenvalue weighted by Crippen LogP contribution is -2.60. The Morgan fingerprint density at radius 2 is 1.26 bits per heavy atom. The van der Waals surface area contributed by atoms with Crippen LogP contribution in [0, 0.1) is 29.6 Å². The number of likely N-dealkylation sites (N-methyl/N-ethyl adjacent to an activating group) is 2. The Kier molecular flexibility index (Phi) is 36.0. The number of nitrogens with one attached hydrogen (secondary N) is 6. The van der Waals surface area contributed by atoms with Crippen LogP contribution in [0.25, 0.3) is 0 Å². The second-order valence-corrected chi connectivity index (χ2v) is 29.8. The topological polar surface area (TPSA) is 516 Å². The summed E-state index contributed by atoms with van der Waals surface area (Å²) in [6, 6.07) is 7.01. The number of methoxy groups -OCH3 is 2. The number of carboxylic acids is 1. The monoisotopic (exact) mass is 1600 g/mol. The van der Waals surface area contributed by atoms with E-state index in [1.54, 1.807) is 90.7 Å². The number of aliphatic hydroxyl groups is 7. The summed E-state index contributed by atoms with van der Waals surface area (Å²) in [5.41, 5.74) is 1.27. The van der Waals surface area contributed by atoms with E-state index in [9.17, 15) is 98.4 Å². The third-order valence-electron chi connectivity index (χ3n) is 20.7. The molecule has 0 spiro atoms. The molecule has 3 saturated heterocycles. The molecule has 0 bridgehead atoms. The van der Waals surface area contributed by atoms with Gasteiger partial charge in [0.2, 0.25) is 47.3 Å². The van der Waals surface area contributed by atoms with E-state index in [1.807, 2.05) is 13.8 Å². The van der Waals surface area contributed by atoms with Gasteiger partial charge in [-0.05, 0) is 66.2 Å². The number of carboxylic acid groups (broad SMARTS) is 1. The molecule has 37 nitrogen and oxygen atoms in total. The van der Waals surface area contributed by atoms with Crippen molar-refractivity contribution < 1.29 is 132 Å². The third kappa shape index (κ3) is 24.9. The van der Waals surface area contributed by atoms with Gasteiger partial charge in [0.1, 0.15) is 86.1 Å². The number of ether oxygens (including phenoxy) is 7. The van der Waals surface area contributed by atoms with Crippen molar-refractivity contribution in [3.05, 3.63) is 77.9 Å². The summed E-state index contributed by atoms with van der Waals surface area (Å²) < 4.78 is 39.6. The third-order valence-corrected chi connectivity index (χ3v) is 20.7. The molecule has 113 heavy (non-hydrogen) atoms. The predicted octanol–water partition coefficient (Wildman–Crippen LogP) is -2.21. The van der Waals surface area contributed by atoms with E-state index in [2.05, 4.69) is 31.9 Å². The summed E-state index contributed by atoms with van der Waals surface area (Å²) in [5, 5.41) is 97.2. The van der Waals surface area contributed by atoms with Crippen LogP contribution >= 0.6 is 0 Å². The molecule has 2 aromatic rings. The van der Waals surface area contributed by atoms with Crippen molar-refractivity contribution in [1.82, 2.24) is 46.2 Å². The number of rotatable bonds is 41. The van der Waals surface area contributed by atoms with Crippen LogP contribution in [0.15, 0.2) is 66.7 Å². The van der Waals surface area contributed by atoms with Crippen LogP contribution in [-0.2, 0) is 98.9 Å². The number of aliphatic hydroxyl groups excluding tert-OH is 7. The average molecular weight is 1600 g/mol. The standard InChI is InChI=1S/C76H114N10O27/c1-14-41(8)58(49(107-12)33-54(91)85-30-18-22-48(85)65(108-13)42(9)67(98)79-46(32-43-20-16-15-17-21-43)68(99)77-29-19-31-109-74-64(97)61(94)62(95)66(113-74)73(104)105)83(10)72(103)56(39(4)5)82-71(102)57(40(6)7)84(11)76(106)111-36-44-23-25-45(26-24-44)78-69(100)47(37-110-75-63(96)60(93)59(92)50(35-87)112-75)80-70(101)55(38(2)3)81-51(88)34-86-52(89)27-28-53(86)90/h15-17,20-21,23-28,38-42,46-50,55-66,74-75,87,92-97H,14,18-19,22,29-37H2,1-13H3,(H,77,99)(H,78,100)(H,79,98)(H,80,101)(H,81,88)(H,82,102)(H,104,105)/t41-,42+,46-,47-,48-,49+,50+,55-,56-,57-,58-,59+,60-,61-,62-,63+,64+,65+,66-,74+,75+/m0/s1. The first-order valence-corrected chi connectivity index (χ1v) is 37.8. The SMILES string of the molecule is CC[C@H](C)[C@@H]([C@@H](CC(=O)N1CCC[C@H]1[C@H](OC)[C@@H](C)C(=O)N[C@@H](Cc1ccccc1)C(=O)NCCCO[C@@H]1O[C@H](C(=O)O)[C@@H](O)[C@H](O)[C@H]1O)OC)N(C)C(=O)[C@@H](NC(=O)[C@H](C(C)C)N(C)C(=O)OCc1ccc(NC(=O)[C@H](CO[C@@H]2O[C@H](CO)[C@@H](O)[C@H](O)[C@H]2O)NC(=O)[C@@H](NC(=O)CN2C(=O)C=CC2=O)C(C)C)cc1)C(C)C. The Bertz CT molecular complexity index is 3560. The van der Waals surface area contributed by atoms with E-state index in [0.29, 0.717) is 36.3 Å². The van der Waals surface area contributed by atoms with Gasteiger partial charge in [0.15, 0.2) is 18.7 Å². The minimum atomic E-state index is -1.90. The summed E-state index contributed by atoms with van der Waals surface area (Å²) in [6.07, 6.45) is -16.7. The van der Waals surface area contributed by atoms with Gasteiger partial charge in [0.05, 0.1) is 56.5 Å². The number of amides is 11. The Morgan fingerprint density at radius 1 is 0.646 bits per heavy atom. The zero-order valence-electron chi connectivity index (χ0n) is 66.0. The maximum Gasteiger partial charge on any atom is 0.410 e. The van der Waals surface area contributed by atoms with E-state index in [4.69, 9.17) is 33.2 Å². The maximum atomic E-state index is 15.0. The molecule has 2 aromatic carbocycles. The van der Waals surface area contributed by atoms with Gasteiger partial charge < -0.3 is 116 Å². The fourth-order valence-corrected chi connectivity index (χ4v) is 14.0. The van der Waals surface area contributed by atoms with Gasteiger partial charge in [-0.3, -0.25) is 57.7 Å². The number of aliphatic carboxylic acids is 1. The van der Waals surface area contributed by atoms with Crippen molar-refractivity contribution in [2.45, 2.75) is 223 Å². The first-order valence-electron chi connectivity index (χ1n) is 37.8. The Balaban J connectivity index is 1.07. The molecule has 0 saturated carbocycles. The lowest BCUT2D eigenvalue weighted by Gasteiger charge is -2.41. The van der Waals surface area contributed by atoms with Gasteiger partial charge in [-0.15, -0.1) is 0 Å². The van der Waals surface area contributed by atoms with Crippen molar-refractivity contribution in [3.8, 4) is 0 Å². The van der Waals surface area contributed by atoms with Crippen molar-refractivity contribution in [1.29, 1.82) is 0 Å². The van der Waals surface area contributed by atoms with E-state index < -0.39 is 225 Å². The molecule has 37 heteroatoms. The molecule has 0 radical (unpaired) electrons. The number of anilines is 1. The zero-order chi connectivity index (χ0) is 84.0.